The highest BCUT2D eigenvalue weighted by atomic mass is 32.2. The lowest BCUT2D eigenvalue weighted by Gasteiger charge is -2.56. The molecular formula is C49H56FN7O8S. The highest BCUT2D eigenvalue weighted by Crippen LogP contribution is 2.54. The molecule has 5 heterocycles. The molecule has 17 heteroatoms. The zero-order chi connectivity index (χ0) is 45.9. The Labute approximate surface area is 383 Å². The third kappa shape index (κ3) is 8.45. The lowest BCUT2D eigenvalue weighted by Crippen LogP contribution is -2.54. The van der Waals surface area contributed by atoms with Gasteiger partial charge in [-0.05, 0) is 117 Å². The molecule has 1 amide bonds. The van der Waals surface area contributed by atoms with E-state index in [1.165, 1.54) is 54.6 Å². The van der Waals surface area contributed by atoms with E-state index in [9.17, 15) is 32.8 Å². The van der Waals surface area contributed by atoms with Gasteiger partial charge in [-0.1, -0.05) is 38.1 Å². The number of rotatable bonds is 11. The molecule has 3 aromatic carbocycles. The second-order valence-electron chi connectivity index (χ2n) is 19.4. The van der Waals surface area contributed by atoms with Crippen LogP contribution in [0.15, 0.2) is 78.0 Å². The summed E-state index contributed by atoms with van der Waals surface area (Å²) in [5, 5.41) is 25.7. The van der Waals surface area contributed by atoms with E-state index in [1.54, 1.807) is 12.1 Å². The average molecular weight is 922 g/mol. The number of nitrogens with one attached hydrogen (secondary N) is 3. The number of carbonyl (C=O) groups is 1. The monoisotopic (exact) mass is 921 g/mol. The number of sulfonamides is 1. The van der Waals surface area contributed by atoms with Crippen molar-refractivity contribution >= 4 is 44.0 Å². The molecule has 348 valence electrons. The van der Waals surface area contributed by atoms with Crippen LogP contribution in [0.2, 0.25) is 0 Å². The van der Waals surface area contributed by atoms with Crippen molar-refractivity contribution < 1.29 is 37.1 Å². The number of benzene rings is 3. The van der Waals surface area contributed by atoms with Gasteiger partial charge in [-0.2, -0.15) is 0 Å². The van der Waals surface area contributed by atoms with Gasteiger partial charge < -0.3 is 29.8 Å². The lowest BCUT2D eigenvalue weighted by atomic mass is 9.59. The van der Waals surface area contributed by atoms with Crippen molar-refractivity contribution in [2.45, 2.75) is 113 Å². The number of pyridine rings is 1. The van der Waals surface area contributed by atoms with Gasteiger partial charge >= 0.3 is 0 Å². The van der Waals surface area contributed by atoms with Crippen molar-refractivity contribution in [2.75, 3.05) is 36.5 Å². The van der Waals surface area contributed by atoms with Gasteiger partial charge in [-0.15, -0.1) is 0 Å². The first kappa shape index (κ1) is 44.1. The number of aliphatic hydroxyl groups is 1. The highest BCUT2D eigenvalue weighted by Gasteiger charge is 2.50. The quantitative estimate of drug-likeness (QED) is 0.0728. The first-order valence-electron chi connectivity index (χ1n) is 23.3. The van der Waals surface area contributed by atoms with Gasteiger partial charge in [-0.25, -0.2) is 22.5 Å². The molecular weight excluding hydrogens is 866 g/mol. The van der Waals surface area contributed by atoms with E-state index >= 15 is 0 Å². The van der Waals surface area contributed by atoms with Gasteiger partial charge in [-0.3, -0.25) is 19.8 Å². The lowest BCUT2D eigenvalue weighted by molar-refractivity contribution is -0.384. The van der Waals surface area contributed by atoms with E-state index in [2.05, 4.69) is 67.9 Å². The Kier molecular flexibility index (Phi) is 11.7. The Morgan fingerprint density at radius 1 is 1.05 bits per heavy atom. The molecule has 2 saturated carbocycles. The van der Waals surface area contributed by atoms with Crippen molar-refractivity contribution in [1.29, 1.82) is 0 Å². The van der Waals surface area contributed by atoms with Crippen molar-refractivity contribution in [3.05, 3.63) is 106 Å². The molecule has 2 aliphatic carbocycles. The third-order valence-electron chi connectivity index (χ3n) is 15.0. The summed E-state index contributed by atoms with van der Waals surface area (Å²) in [6.07, 6.45) is 11.6. The fourth-order valence-corrected chi connectivity index (χ4v) is 12.4. The summed E-state index contributed by atoms with van der Waals surface area (Å²) < 4.78 is 56.8. The molecule has 0 radical (unpaired) electrons. The van der Waals surface area contributed by atoms with E-state index in [-0.39, 0.29) is 64.0 Å². The topological polar surface area (TPSA) is 192 Å². The Morgan fingerprint density at radius 2 is 1.82 bits per heavy atom. The number of nitro groups is 1. The van der Waals surface area contributed by atoms with E-state index in [0.717, 1.165) is 69.9 Å². The molecule has 3 aliphatic heterocycles. The molecule has 5 aliphatic rings. The largest absolute Gasteiger partial charge is 0.489 e. The standard InChI is InChI=1S/C49H56FN7O8S/c1-29(2)36-6-3-4-7-37(36)42-8-5-17-56(42)32-24-49(25-32)15-18-55(19-16-49)31-11-14-38(44(20-31)65-34-21-39-40(50)27-52-47(39)51-26-34)48(59)54-66(62,63)35-22-43(57(60)61)46-45(23-35)64-28-41(53-46)30-9-12-33(58)13-10-30/h3-4,6-7,11,14,20-23,26-27,29-30,32-33,41-42,53,58H,5,8-10,12-13,15-19,24-25,28H2,1-2H3,(H,51,52)(H,54,59)/t30-,33-,41-,42+/m1/s1. The minimum absolute atomic E-state index is 0.0215. The van der Waals surface area contributed by atoms with Crippen LogP contribution in [0.1, 0.15) is 112 Å². The summed E-state index contributed by atoms with van der Waals surface area (Å²) in [5.74, 6) is -0.860. The van der Waals surface area contributed by atoms with Crippen molar-refractivity contribution in [1.82, 2.24) is 19.6 Å². The van der Waals surface area contributed by atoms with Gasteiger partial charge in [0, 0.05) is 55.3 Å². The number of hydrogen-bond acceptors (Lipinski definition) is 12. The second-order valence-corrected chi connectivity index (χ2v) is 21.0. The number of aromatic amines is 1. The minimum Gasteiger partial charge on any atom is -0.489 e. The van der Waals surface area contributed by atoms with Crippen molar-refractivity contribution in [3.63, 3.8) is 0 Å². The van der Waals surface area contributed by atoms with Crippen LogP contribution in [0.3, 0.4) is 0 Å². The molecule has 1 spiro atoms. The Bertz CT molecular complexity index is 2780. The van der Waals surface area contributed by atoms with E-state index in [0.29, 0.717) is 36.5 Å². The first-order chi connectivity index (χ1) is 31.7. The van der Waals surface area contributed by atoms with Crippen LogP contribution >= 0.6 is 0 Å². The SMILES string of the molecule is CC(C)c1ccccc1[C@@H]1CCCN1C1CC2(CCN(c3ccc(C(=O)NS(=O)(=O)c4cc5c(c([N+](=O)[O-])c4)N[C@@H]([C@H]4CC[C@H](O)CC4)CO5)c(Oc4cnc5[nH]cc(F)c5c4)c3)CC2)C1. The smallest absolute Gasteiger partial charge is 0.297 e. The van der Waals surface area contributed by atoms with Crippen LogP contribution in [0.4, 0.5) is 21.5 Å². The number of ether oxygens (including phenoxy) is 2. The van der Waals surface area contributed by atoms with Crippen molar-refractivity contribution in [2.24, 2.45) is 11.3 Å². The number of nitrogens with zero attached hydrogens (tertiary/aromatic N) is 4. The molecule has 15 nitrogen and oxygen atoms in total. The summed E-state index contributed by atoms with van der Waals surface area (Å²) in [5.41, 5.74) is 3.69. The summed E-state index contributed by atoms with van der Waals surface area (Å²) >= 11 is 0. The number of piperidine rings is 1. The molecule has 5 aromatic rings. The molecule has 0 bridgehead atoms. The molecule has 2 atom stereocenters. The Hall–Kier alpha value is -5.78. The number of anilines is 2. The van der Waals surface area contributed by atoms with Crippen LogP contribution < -0.4 is 24.4 Å². The number of halogens is 1. The maximum absolute atomic E-state index is 14.6. The van der Waals surface area contributed by atoms with Crippen LogP contribution in [0.5, 0.6) is 17.2 Å². The van der Waals surface area contributed by atoms with Gasteiger partial charge in [0.15, 0.2) is 11.4 Å². The Balaban J connectivity index is 0.865. The number of H-pyrrole nitrogens is 1. The van der Waals surface area contributed by atoms with Crippen LogP contribution in [0, 0.1) is 27.3 Å². The summed E-state index contributed by atoms with van der Waals surface area (Å²) in [4.78, 5) is 37.2. The number of carbonyl (C=O) groups excluding carboxylic acids is 1. The van der Waals surface area contributed by atoms with E-state index in [1.807, 2.05) is 0 Å². The molecule has 0 unspecified atom stereocenters. The van der Waals surface area contributed by atoms with Gasteiger partial charge in [0.1, 0.15) is 29.6 Å². The number of hydrogen-bond donors (Lipinski definition) is 4. The van der Waals surface area contributed by atoms with Crippen molar-refractivity contribution in [3.8, 4) is 17.2 Å². The van der Waals surface area contributed by atoms with Gasteiger partial charge in [0.25, 0.3) is 21.6 Å². The van der Waals surface area contributed by atoms with E-state index in [4.69, 9.17) is 9.47 Å². The number of aromatic nitrogens is 2. The normalized spacial score (nSPS) is 23.3. The van der Waals surface area contributed by atoms with Gasteiger partial charge in [0.2, 0.25) is 0 Å². The maximum atomic E-state index is 14.6. The summed E-state index contributed by atoms with van der Waals surface area (Å²) in [6.45, 7) is 7.39. The molecule has 2 aromatic heterocycles. The first-order valence-corrected chi connectivity index (χ1v) is 24.7. The molecule has 4 N–H and O–H groups in total. The van der Waals surface area contributed by atoms with Gasteiger partial charge in [0.05, 0.1) is 39.1 Å². The van der Waals surface area contributed by atoms with Crippen LogP contribution in [-0.4, -0.2) is 83.7 Å². The minimum atomic E-state index is -4.71. The molecule has 10 rings (SSSR count). The number of amides is 1. The fraction of sp³-hybridized carbons (Fsp3) is 0.469. The number of nitro benzene ring substituents is 1. The van der Waals surface area contributed by atoms with Crippen LogP contribution in [0.25, 0.3) is 11.0 Å². The second kappa shape index (κ2) is 17.5. The maximum Gasteiger partial charge on any atom is 0.297 e. The van der Waals surface area contributed by atoms with E-state index < -0.39 is 37.3 Å². The average Bonchev–Trinajstić information content (AvgIpc) is 3.94. The number of aliphatic hydroxyl groups excluding tert-OH is 1. The predicted octanol–water partition coefficient (Wildman–Crippen LogP) is 8.95. The molecule has 4 fully saturated rings. The summed E-state index contributed by atoms with van der Waals surface area (Å²) in [7, 11) is -4.71. The third-order valence-corrected chi connectivity index (χ3v) is 16.3. The summed E-state index contributed by atoms with van der Waals surface area (Å²) in [6, 6.07) is 18.1. The zero-order valence-corrected chi connectivity index (χ0v) is 38.0. The molecule has 2 saturated heterocycles. The molecule has 66 heavy (non-hydrogen) atoms. The predicted molar refractivity (Wildman–Crippen MR) is 247 cm³/mol. The number of fused-ring (bicyclic) bond motifs is 2. The Morgan fingerprint density at radius 3 is 2.58 bits per heavy atom. The van der Waals surface area contributed by atoms with Crippen LogP contribution in [-0.2, 0) is 10.0 Å². The zero-order valence-electron chi connectivity index (χ0n) is 37.2. The number of likely N-dealkylation sites (tertiary alicyclic amines) is 1. The highest BCUT2D eigenvalue weighted by molar-refractivity contribution is 7.90. The fourth-order valence-electron chi connectivity index (χ4n) is 11.4.